The van der Waals surface area contributed by atoms with E-state index in [1.54, 1.807) is 7.05 Å². The van der Waals surface area contributed by atoms with E-state index in [0.29, 0.717) is 31.5 Å². The first kappa shape index (κ1) is 22.5. The second-order valence-electron chi connectivity index (χ2n) is 7.74. The second-order valence-corrected chi connectivity index (χ2v) is 7.74. The maximum atomic E-state index is 13.1. The molecule has 6 nitrogen and oxygen atoms in total. The van der Waals surface area contributed by atoms with Crippen molar-refractivity contribution in [1.82, 2.24) is 4.90 Å². The molecule has 5 N–H and O–H groups in total. The lowest BCUT2D eigenvalue weighted by molar-refractivity contribution is -0.138. The molecule has 3 aromatic rings. The minimum atomic E-state index is -0.721. The third kappa shape index (κ3) is 5.90. The molecule has 0 aliphatic rings. The molecule has 0 bridgehead atoms. The van der Waals surface area contributed by atoms with E-state index in [4.69, 9.17) is 11.5 Å². The van der Waals surface area contributed by atoms with Crippen LogP contribution in [-0.2, 0) is 16.0 Å². The Kier molecular flexibility index (Phi) is 7.76. The van der Waals surface area contributed by atoms with E-state index in [1.165, 1.54) is 4.90 Å². The van der Waals surface area contributed by atoms with Gasteiger partial charge in [0.1, 0.15) is 6.04 Å². The van der Waals surface area contributed by atoms with Gasteiger partial charge in [-0.15, -0.1) is 0 Å². The summed E-state index contributed by atoms with van der Waals surface area (Å²) in [4.78, 5) is 27.5. The average Bonchev–Trinajstić information content (AvgIpc) is 2.79. The van der Waals surface area contributed by atoms with E-state index in [9.17, 15) is 9.59 Å². The number of anilines is 1. The van der Waals surface area contributed by atoms with Gasteiger partial charge in [-0.2, -0.15) is 0 Å². The number of fused-ring (bicyclic) bond motifs is 1. The zero-order valence-electron chi connectivity index (χ0n) is 17.8. The van der Waals surface area contributed by atoms with Crippen molar-refractivity contribution in [3.63, 3.8) is 0 Å². The Morgan fingerprint density at radius 2 is 1.65 bits per heavy atom. The number of benzene rings is 3. The van der Waals surface area contributed by atoms with Crippen molar-refractivity contribution >= 4 is 28.3 Å². The monoisotopic (exact) mass is 418 g/mol. The molecular weight excluding hydrogens is 388 g/mol. The molecule has 6 heteroatoms. The summed E-state index contributed by atoms with van der Waals surface area (Å²) in [7, 11) is 1.63. The number of rotatable bonds is 9. The normalized spacial score (nSPS) is 12.9. The van der Waals surface area contributed by atoms with Gasteiger partial charge in [0.25, 0.3) is 0 Å². The largest absolute Gasteiger partial charge is 0.332 e. The number of nitrogens with one attached hydrogen (secondary N) is 1. The molecule has 31 heavy (non-hydrogen) atoms. The standard InChI is InChI=1S/C25H30N4O2/c1-29(25(31)22(27)16-18-8-3-2-4-9-18)23(12-7-15-26)24(30)28-21-14-13-19-10-5-6-11-20(19)17-21/h2-6,8-11,13-14,17,22-23H,7,12,15-16,26-27H2,1H3,(H,28,30)/t22-,23-/m0/s1. The zero-order valence-corrected chi connectivity index (χ0v) is 17.8. The van der Waals surface area contributed by atoms with Crippen LogP contribution in [-0.4, -0.2) is 42.4 Å². The van der Waals surface area contributed by atoms with Gasteiger partial charge in [-0.05, 0) is 54.3 Å². The highest BCUT2D eigenvalue weighted by molar-refractivity contribution is 5.99. The number of likely N-dealkylation sites (N-methyl/N-ethyl adjacent to an activating group) is 1. The van der Waals surface area contributed by atoms with Crippen LogP contribution in [0, 0.1) is 0 Å². The van der Waals surface area contributed by atoms with Gasteiger partial charge >= 0.3 is 0 Å². The van der Waals surface area contributed by atoms with Crippen LogP contribution < -0.4 is 16.8 Å². The Labute approximate surface area is 183 Å². The van der Waals surface area contributed by atoms with Crippen molar-refractivity contribution < 1.29 is 9.59 Å². The molecule has 0 aliphatic carbocycles. The van der Waals surface area contributed by atoms with Crippen molar-refractivity contribution in [3.8, 4) is 0 Å². The third-order valence-electron chi connectivity index (χ3n) is 5.43. The molecule has 162 valence electrons. The first-order chi connectivity index (χ1) is 15.0. The van der Waals surface area contributed by atoms with Crippen LogP contribution in [0.25, 0.3) is 10.8 Å². The number of hydrogen-bond acceptors (Lipinski definition) is 4. The first-order valence-corrected chi connectivity index (χ1v) is 10.6. The molecule has 0 aliphatic heterocycles. The molecule has 0 radical (unpaired) electrons. The minimum Gasteiger partial charge on any atom is -0.332 e. The Morgan fingerprint density at radius 1 is 0.968 bits per heavy atom. The number of nitrogens with two attached hydrogens (primary N) is 2. The lowest BCUT2D eigenvalue weighted by Gasteiger charge is -2.29. The molecule has 2 amide bonds. The van der Waals surface area contributed by atoms with Gasteiger partial charge in [0.2, 0.25) is 11.8 Å². The zero-order chi connectivity index (χ0) is 22.2. The fourth-order valence-electron chi connectivity index (χ4n) is 3.67. The lowest BCUT2D eigenvalue weighted by Crippen LogP contribution is -2.51. The van der Waals surface area contributed by atoms with Crippen LogP contribution in [0.4, 0.5) is 5.69 Å². The SMILES string of the molecule is CN(C(=O)[C@@H](N)Cc1ccccc1)[C@@H](CCCN)C(=O)Nc1ccc2ccccc2c1. The number of nitrogens with zero attached hydrogens (tertiary/aromatic N) is 1. The molecule has 2 atom stereocenters. The molecule has 0 aromatic heterocycles. The highest BCUT2D eigenvalue weighted by atomic mass is 16.2. The van der Waals surface area contributed by atoms with Crippen LogP contribution in [0.2, 0.25) is 0 Å². The fourth-order valence-corrected chi connectivity index (χ4v) is 3.67. The summed E-state index contributed by atoms with van der Waals surface area (Å²) < 4.78 is 0. The predicted octanol–water partition coefficient (Wildman–Crippen LogP) is 2.91. The second kappa shape index (κ2) is 10.7. The van der Waals surface area contributed by atoms with E-state index >= 15 is 0 Å². The van der Waals surface area contributed by atoms with Crippen molar-refractivity contribution in [2.24, 2.45) is 11.5 Å². The summed E-state index contributed by atoms with van der Waals surface area (Å²) in [6.45, 7) is 0.442. The van der Waals surface area contributed by atoms with Gasteiger partial charge in [0.15, 0.2) is 0 Å². The van der Waals surface area contributed by atoms with Crippen LogP contribution in [0.3, 0.4) is 0 Å². The van der Waals surface area contributed by atoms with Gasteiger partial charge in [-0.25, -0.2) is 0 Å². The van der Waals surface area contributed by atoms with Gasteiger partial charge in [0.05, 0.1) is 6.04 Å². The molecule has 0 heterocycles. The van der Waals surface area contributed by atoms with E-state index in [2.05, 4.69) is 5.32 Å². The van der Waals surface area contributed by atoms with Crippen molar-refractivity contribution in [2.75, 3.05) is 18.9 Å². The van der Waals surface area contributed by atoms with E-state index < -0.39 is 12.1 Å². The van der Waals surface area contributed by atoms with Crippen molar-refractivity contribution in [3.05, 3.63) is 78.4 Å². The van der Waals surface area contributed by atoms with Crippen LogP contribution >= 0.6 is 0 Å². The first-order valence-electron chi connectivity index (χ1n) is 10.6. The quantitative estimate of drug-likeness (QED) is 0.497. The summed E-state index contributed by atoms with van der Waals surface area (Å²) in [5.41, 5.74) is 13.5. The number of carbonyl (C=O) groups is 2. The highest BCUT2D eigenvalue weighted by Crippen LogP contribution is 2.20. The third-order valence-corrected chi connectivity index (χ3v) is 5.43. The van der Waals surface area contributed by atoms with Gasteiger partial charge in [0, 0.05) is 12.7 Å². The molecule has 0 saturated carbocycles. The van der Waals surface area contributed by atoms with Gasteiger partial charge in [-0.3, -0.25) is 9.59 Å². The lowest BCUT2D eigenvalue weighted by atomic mass is 10.0. The predicted molar refractivity (Wildman–Crippen MR) is 126 cm³/mol. The van der Waals surface area contributed by atoms with Gasteiger partial charge < -0.3 is 21.7 Å². The van der Waals surface area contributed by atoms with Crippen molar-refractivity contribution in [2.45, 2.75) is 31.3 Å². The number of carbonyl (C=O) groups excluding carboxylic acids is 2. The highest BCUT2D eigenvalue weighted by Gasteiger charge is 2.29. The number of hydrogen-bond donors (Lipinski definition) is 3. The molecule has 0 spiro atoms. The molecular formula is C25H30N4O2. The summed E-state index contributed by atoms with van der Waals surface area (Å²) in [6.07, 6.45) is 1.51. The summed E-state index contributed by atoms with van der Waals surface area (Å²) in [5, 5.41) is 5.08. The van der Waals surface area contributed by atoms with E-state index in [-0.39, 0.29) is 11.8 Å². The van der Waals surface area contributed by atoms with Crippen LogP contribution in [0.15, 0.2) is 72.8 Å². The summed E-state index contributed by atoms with van der Waals surface area (Å²) >= 11 is 0. The maximum Gasteiger partial charge on any atom is 0.247 e. The van der Waals surface area contributed by atoms with Crippen LogP contribution in [0.1, 0.15) is 18.4 Å². The molecule has 3 rings (SSSR count). The van der Waals surface area contributed by atoms with E-state index in [0.717, 1.165) is 16.3 Å². The summed E-state index contributed by atoms with van der Waals surface area (Å²) in [6, 6.07) is 21.9. The minimum absolute atomic E-state index is 0.244. The van der Waals surface area contributed by atoms with E-state index in [1.807, 2.05) is 72.8 Å². The Balaban J connectivity index is 1.72. The van der Waals surface area contributed by atoms with Crippen LogP contribution in [0.5, 0.6) is 0 Å². The smallest absolute Gasteiger partial charge is 0.247 e. The molecule has 0 saturated heterocycles. The number of amides is 2. The topological polar surface area (TPSA) is 101 Å². The molecule has 0 fully saturated rings. The fraction of sp³-hybridized carbons (Fsp3) is 0.280. The Hall–Kier alpha value is -3.22. The Bertz CT molecular complexity index is 1020. The van der Waals surface area contributed by atoms with Gasteiger partial charge in [-0.1, -0.05) is 60.7 Å². The maximum absolute atomic E-state index is 13.1. The molecule has 0 unspecified atom stereocenters. The van der Waals surface area contributed by atoms with Crippen molar-refractivity contribution in [1.29, 1.82) is 0 Å². The molecule has 3 aromatic carbocycles. The Morgan fingerprint density at radius 3 is 2.35 bits per heavy atom. The average molecular weight is 419 g/mol. The summed E-state index contributed by atoms with van der Waals surface area (Å²) in [5.74, 6) is -0.508.